The zero-order chi connectivity index (χ0) is 17.1. The molecule has 2 aliphatic rings. The lowest BCUT2D eigenvalue weighted by Crippen LogP contribution is -2.45. The van der Waals surface area contributed by atoms with E-state index in [1.807, 2.05) is 23.1 Å². The summed E-state index contributed by atoms with van der Waals surface area (Å²) in [6, 6.07) is 9.40. The molecule has 6 heteroatoms. The quantitative estimate of drug-likeness (QED) is 0.836. The van der Waals surface area contributed by atoms with Crippen molar-refractivity contribution in [2.45, 2.75) is 44.1 Å². The van der Waals surface area contributed by atoms with E-state index >= 15 is 0 Å². The van der Waals surface area contributed by atoms with E-state index in [2.05, 4.69) is 4.98 Å². The molecule has 132 valence electrons. The number of ether oxygens (including phenoxy) is 2. The average Bonchev–Trinajstić information content (AvgIpc) is 3.32. The van der Waals surface area contributed by atoms with Crippen LogP contribution in [-0.2, 0) is 16.1 Å². The number of amides is 1. The molecule has 4 rings (SSSR count). The predicted octanol–water partition coefficient (Wildman–Crippen LogP) is 2.65. The molecule has 1 amide bonds. The highest BCUT2D eigenvalue weighted by atomic mass is 16.5. The molecule has 0 aliphatic carbocycles. The maximum atomic E-state index is 12.5. The largest absolute Gasteiger partial charge is 0.459 e. The van der Waals surface area contributed by atoms with Gasteiger partial charge in [-0.05, 0) is 43.5 Å². The van der Waals surface area contributed by atoms with Crippen molar-refractivity contribution in [3.8, 4) is 0 Å². The number of nitrogens with zero attached hydrogens (tertiary/aromatic N) is 2. The minimum absolute atomic E-state index is 0.0362. The third kappa shape index (κ3) is 3.60. The van der Waals surface area contributed by atoms with Crippen molar-refractivity contribution in [2.75, 3.05) is 13.2 Å². The second-order valence-corrected chi connectivity index (χ2v) is 6.54. The first-order valence-corrected chi connectivity index (χ1v) is 8.79. The lowest BCUT2D eigenvalue weighted by molar-refractivity contribution is -0.0991. The van der Waals surface area contributed by atoms with Crippen LogP contribution in [0.1, 0.15) is 35.5 Å². The molecule has 25 heavy (non-hydrogen) atoms. The minimum atomic E-state index is -0.0362. The Hall–Kier alpha value is -2.18. The number of rotatable bonds is 5. The number of furan rings is 1. The van der Waals surface area contributed by atoms with Crippen LogP contribution in [0, 0.1) is 0 Å². The molecule has 2 saturated heterocycles. The SMILES string of the molecule is O=C(c1ccco1)N1CC[C@@H]2O[C@@H](COCc3ccccn3)CC[C@@H]21. The number of likely N-dealkylation sites (tertiary alicyclic amines) is 1. The van der Waals surface area contributed by atoms with Crippen LogP contribution in [0.2, 0.25) is 0 Å². The third-order valence-corrected chi connectivity index (χ3v) is 4.91. The van der Waals surface area contributed by atoms with Gasteiger partial charge in [0.1, 0.15) is 0 Å². The van der Waals surface area contributed by atoms with Crippen LogP contribution in [0.5, 0.6) is 0 Å². The summed E-state index contributed by atoms with van der Waals surface area (Å²) < 4.78 is 17.2. The van der Waals surface area contributed by atoms with Crippen LogP contribution >= 0.6 is 0 Å². The Morgan fingerprint density at radius 1 is 1.24 bits per heavy atom. The van der Waals surface area contributed by atoms with E-state index in [-0.39, 0.29) is 24.2 Å². The maximum Gasteiger partial charge on any atom is 0.289 e. The molecule has 2 aromatic heterocycles. The first-order chi connectivity index (χ1) is 12.3. The average molecular weight is 342 g/mol. The molecule has 2 fully saturated rings. The van der Waals surface area contributed by atoms with E-state index in [4.69, 9.17) is 13.9 Å². The van der Waals surface area contributed by atoms with Crippen molar-refractivity contribution in [2.24, 2.45) is 0 Å². The standard InChI is InChI=1S/C19H22N2O4/c22-19(18-5-3-11-24-18)21-10-8-17-16(21)7-6-15(25-17)13-23-12-14-4-1-2-9-20-14/h1-5,9,11,15-17H,6-8,10,12-13H2/t15-,16+,17+/m1/s1. The highest BCUT2D eigenvalue weighted by Gasteiger charge is 2.42. The first-order valence-electron chi connectivity index (χ1n) is 8.79. The summed E-state index contributed by atoms with van der Waals surface area (Å²) in [6.07, 6.45) is 6.18. The summed E-state index contributed by atoms with van der Waals surface area (Å²) in [5.41, 5.74) is 0.923. The molecule has 6 nitrogen and oxygen atoms in total. The van der Waals surface area contributed by atoms with Gasteiger partial charge in [-0.2, -0.15) is 0 Å². The third-order valence-electron chi connectivity index (χ3n) is 4.91. The van der Waals surface area contributed by atoms with Crippen molar-refractivity contribution >= 4 is 5.91 Å². The molecule has 0 saturated carbocycles. The molecular weight excluding hydrogens is 320 g/mol. The van der Waals surface area contributed by atoms with Crippen LogP contribution in [0.25, 0.3) is 0 Å². The summed E-state index contributed by atoms with van der Waals surface area (Å²) in [4.78, 5) is 18.7. The van der Waals surface area contributed by atoms with E-state index in [1.165, 1.54) is 6.26 Å². The fourth-order valence-electron chi connectivity index (χ4n) is 3.69. The zero-order valence-corrected chi connectivity index (χ0v) is 14.0. The van der Waals surface area contributed by atoms with Crippen LogP contribution < -0.4 is 0 Å². The molecule has 0 spiro atoms. The number of fused-ring (bicyclic) bond motifs is 1. The van der Waals surface area contributed by atoms with Gasteiger partial charge in [-0.15, -0.1) is 0 Å². The summed E-state index contributed by atoms with van der Waals surface area (Å²) in [5, 5.41) is 0. The lowest BCUT2D eigenvalue weighted by atomic mass is 9.99. The van der Waals surface area contributed by atoms with E-state index in [1.54, 1.807) is 18.3 Å². The normalized spacial score (nSPS) is 25.8. The summed E-state index contributed by atoms with van der Waals surface area (Å²) in [7, 11) is 0. The maximum absolute atomic E-state index is 12.5. The van der Waals surface area contributed by atoms with Crippen LogP contribution in [-0.4, -0.2) is 47.2 Å². The van der Waals surface area contributed by atoms with Gasteiger partial charge in [0.05, 0.1) is 43.4 Å². The van der Waals surface area contributed by atoms with Crippen molar-refractivity contribution in [3.05, 3.63) is 54.2 Å². The number of hydrogen-bond donors (Lipinski definition) is 0. The molecule has 0 aromatic carbocycles. The first kappa shape index (κ1) is 16.3. The molecule has 0 radical (unpaired) electrons. The zero-order valence-electron chi connectivity index (χ0n) is 14.0. The van der Waals surface area contributed by atoms with Gasteiger partial charge in [-0.25, -0.2) is 0 Å². The van der Waals surface area contributed by atoms with Crippen LogP contribution in [0.3, 0.4) is 0 Å². The summed E-state index contributed by atoms with van der Waals surface area (Å²) in [5.74, 6) is 0.368. The minimum Gasteiger partial charge on any atom is -0.459 e. The molecule has 4 heterocycles. The number of pyridine rings is 1. The van der Waals surface area contributed by atoms with E-state index in [0.717, 1.165) is 31.5 Å². The topological polar surface area (TPSA) is 64.8 Å². The second-order valence-electron chi connectivity index (χ2n) is 6.54. The highest BCUT2D eigenvalue weighted by molar-refractivity contribution is 5.91. The summed E-state index contributed by atoms with van der Waals surface area (Å²) in [6.45, 7) is 1.78. The van der Waals surface area contributed by atoms with Crippen molar-refractivity contribution < 1.29 is 18.7 Å². The monoisotopic (exact) mass is 342 g/mol. The summed E-state index contributed by atoms with van der Waals surface area (Å²) >= 11 is 0. The van der Waals surface area contributed by atoms with Gasteiger partial charge in [-0.1, -0.05) is 6.07 Å². The molecule has 0 unspecified atom stereocenters. The Morgan fingerprint density at radius 2 is 2.20 bits per heavy atom. The van der Waals surface area contributed by atoms with Gasteiger partial charge < -0.3 is 18.8 Å². The van der Waals surface area contributed by atoms with Gasteiger partial charge >= 0.3 is 0 Å². The second kappa shape index (κ2) is 7.37. The van der Waals surface area contributed by atoms with Gasteiger partial charge in [-0.3, -0.25) is 9.78 Å². The van der Waals surface area contributed by atoms with Gasteiger partial charge in [0, 0.05) is 12.7 Å². The van der Waals surface area contributed by atoms with E-state index in [9.17, 15) is 4.79 Å². The van der Waals surface area contributed by atoms with Gasteiger partial charge in [0.15, 0.2) is 5.76 Å². The fraction of sp³-hybridized carbons (Fsp3) is 0.474. The molecule has 3 atom stereocenters. The van der Waals surface area contributed by atoms with Crippen molar-refractivity contribution in [3.63, 3.8) is 0 Å². The molecule has 0 bridgehead atoms. The Labute approximate surface area is 146 Å². The predicted molar refractivity (Wildman–Crippen MR) is 89.9 cm³/mol. The molecule has 2 aliphatic heterocycles. The fourth-order valence-corrected chi connectivity index (χ4v) is 3.69. The van der Waals surface area contributed by atoms with Gasteiger partial charge in [0.2, 0.25) is 0 Å². The smallest absolute Gasteiger partial charge is 0.289 e. The molecule has 2 aromatic rings. The Morgan fingerprint density at radius 3 is 3.00 bits per heavy atom. The Bertz CT molecular complexity index is 689. The number of hydrogen-bond acceptors (Lipinski definition) is 5. The van der Waals surface area contributed by atoms with E-state index in [0.29, 0.717) is 19.0 Å². The lowest BCUT2D eigenvalue weighted by Gasteiger charge is -2.35. The van der Waals surface area contributed by atoms with Crippen molar-refractivity contribution in [1.82, 2.24) is 9.88 Å². The van der Waals surface area contributed by atoms with Crippen LogP contribution in [0.15, 0.2) is 47.2 Å². The highest BCUT2D eigenvalue weighted by Crippen LogP contribution is 2.32. The number of carbonyl (C=O) groups is 1. The number of carbonyl (C=O) groups excluding carboxylic acids is 1. The Kier molecular flexibility index (Phi) is 4.81. The van der Waals surface area contributed by atoms with Crippen molar-refractivity contribution in [1.29, 1.82) is 0 Å². The molecule has 0 N–H and O–H groups in total. The Balaban J connectivity index is 1.27. The number of aromatic nitrogens is 1. The van der Waals surface area contributed by atoms with Gasteiger partial charge in [0.25, 0.3) is 5.91 Å². The molecular formula is C19H22N2O4. The van der Waals surface area contributed by atoms with E-state index < -0.39 is 0 Å². The van der Waals surface area contributed by atoms with Crippen LogP contribution in [0.4, 0.5) is 0 Å².